The molecule has 0 radical (unpaired) electrons. The van der Waals surface area contributed by atoms with Gasteiger partial charge in [0, 0.05) is 5.56 Å². The Balaban J connectivity index is 1.31. The van der Waals surface area contributed by atoms with E-state index in [1.54, 1.807) is 36.4 Å². The van der Waals surface area contributed by atoms with Crippen molar-refractivity contribution in [1.29, 1.82) is 0 Å². The number of nitrogens with zero attached hydrogens (tertiary/aromatic N) is 3. The number of esters is 1. The largest absolute Gasteiger partial charge is 0.494 e. The first-order valence-corrected chi connectivity index (χ1v) is 12.9. The minimum Gasteiger partial charge on any atom is -0.494 e. The summed E-state index contributed by atoms with van der Waals surface area (Å²) >= 11 is 1.14. The van der Waals surface area contributed by atoms with E-state index in [4.69, 9.17) is 14.2 Å². The van der Waals surface area contributed by atoms with Gasteiger partial charge in [-0.05, 0) is 54.4 Å². The predicted octanol–water partition coefficient (Wildman–Crippen LogP) is 4.31. The first-order chi connectivity index (χ1) is 19.5. The fraction of sp³-hybridized carbons (Fsp3) is 0.143. The Hall–Kier alpha value is -5.10. The van der Waals surface area contributed by atoms with Crippen molar-refractivity contribution in [3.05, 3.63) is 83.9 Å². The smallest absolute Gasteiger partial charge is 0.343 e. The number of hydrogen-bond acceptors (Lipinski definition) is 10. The summed E-state index contributed by atoms with van der Waals surface area (Å²) in [7, 11) is 1.43. The Labute approximate surface area is 233 Å². The van der Waals surface area contributed by atoms with Crippen molar-refractivity contribution in [2.24, 2.45) is 5.10 Å². The normalized spacial score (nSPS) is 10.7. The monoisotopic (exact) mass is 559 g/mol. The summed E-state index contributed by atoms with van der Waals surface area (Å²) < 4.78 is 16.3. The maximum atomic E-state index is 12.6. The quantitative estimate of drug-likeness (QED) is 0.0963. The zero-order chi connectivity index (χ0) is 28.3. The van der Waals surface area contributed by atoms with Gasteiger partial charge in [-0.1, -0.05) is 48.6 Å². The number of anilines is 1. The van der Waals surface area contributed by atoms with Gasteiger partial charge in [0.15, 0.2) is 11.5 Å². The third-order valence-corrected chi connectivity index (χ3v) is 6.09. The standard InChI is InChI=1S/C28H25N5O6S/c1-3-15-38-21-12-10-20(11-13-21)27(36)39-22-14-9-18(16-23(22)37-2)17-29-31-25(35)24(34)30-28-33-32-26(40-28)19-7-5-4-6-8-19/h4-14,16-17H,3,15H2,1-2H3,(H,31,35)(H,30,33,34). The molecule has 0 fully saturated rings. The van der Waals surface area contributed by atoms with Crippen molar-refractivity contribution >= 4 is 40.5 Å². The topological polar surface area (TPSA) is 141 Å². The molecule has 0 unspecified atom stereocenters. The lowest BCUT2D eigenvalue weighted by Crippen LogP contribution is -2.32. The van der Waals surface area contributed by atoms with E-state index in [2.05, 4.69) is 26.0 Å². The second kappa shape index (κ2) is 13.6. The lowest BCUT2D eigenvalue weighted by atomic mass is 10.2. The van der Waals surface area contributed by atoms with Crippen LogP contribution in [0.15, 0.2) is 77.9 Å². The number of amides is 2. The van der Waals surface area contributed by atoms with Crippen LogP contribution < -0.4 is 25.0 Å². The van der Waals surface area contributed by atoms with Crippen molar-refractivity contribution in [3.8, 4) is 27.8 Å². The number of aromatic nitrogens is 2. The number of rotatable bonds is 10. The van der Waals surface area contributed by atoms with Crippen LogP contribution in [0.4, 0.5) is 5.13 Å². The zero-order valence-electron chi connectivity index (χ0n) is 21.6. The maximum Gasteiger partial charge on any atom is 0.343 e. The molecular formula is C28H25N5O6S. The van der Waals surface area contributed by atoms with E-state index < -0.39 is 17.8 Å². The van der Waals surface area contributed by atoms with Crippen LogP contribution in [-0.2, 0) is 9.59 Å². The predicted molar refractivity (Wildman–Crippen MR) is 150 cm³/mol. The molecule has 4 rings (SSSR count). The van der Waals surface area contributed by atoms with Gasteiger partial charge in [0.25, 0.3) is 0 Å². The number of ether oxygens (including phenoxy) is 3. The molecule has 1 heterocycles. The average molecular weight is 560 g/mol. The second-order valence-corrected chi connectivity index (χ2v) is 9.08. The molecule has 40 heavy (non-hydrogen) atoms. The van der Waals surface area contributed by atoms with Gasteiger partial charge in [0.05, 0.1) is 25.5 Å². The van der Waals surface area contributed by atoms with E-state index in [9.17, 15) is 14.4 Å². The average Bonchev–Trinajstić information content (AvgIpc) is 3.45. The molecule has 2 amide bonds. The number of methoxy groups -OCH3 is 1. The fourth-order valence-electron chi connectivity index (χ4n) is 3.26. The van der Waals surface area contributed by atoms with E-state index >= 15 is 0 Å². The van der Waals surface area contributed by atoms with Crippen LogP contribution in [0.1, 0.15) is 29.3 Å². The lowest BCUT2D eigenvalue weighted by Gasteiger charge is -2.10. The third kappa shape index (κ3) is 7.48. The Bertz CT molecular complexity index is 1510. The Kier molecular flexibility index (Phi) is 9.51. The zero-order valence-corrected chi connectivity index (χ0v) is 22.4. The van der Waals surface area contributed by atoms with E-state index in [1.807, 2.05) is 37.3 Å². The highest BCUT2D eigenvalue weighted by Crippen LogP contribution is 2.29. The summed E-state index contributed by atoms with van der Waals surface area (Å²) in [4.78, 5) is 36.9. The highest BCUT2D eigenvalue weighted by atomic mass is 32.1. The van der Waals surface area contributed by atoms with Crippen LogP contribution in [0, 0.1) is 0 Å². The van der Waals surface area contributed by atoms with Crippen molar-refractivity contribution in [1.82, 2.24) is 15.6 Å². The molecule has 4 aromatic rings. The molecule has 0 atom stereocenters. The molecule has 0 saturated heterocycles. The molecule has 0 aliphatic heterocycles. The van der Waals surface area contributed by atoms with Gasteiger partial charge in [-0.2, -0.15) is 5.10 Å². The Morgan fingerprint density at radius 3 is 2.45 bits per heavy atom. The van der Waals surface area contributed by atoms with E-state index in [0.717, 1.165) is 23.3 Å². The molecule has 2 N–H and O–H groups in total. The van der Waals surface area contributed by atoms with Crippen molar-refractivity contribution < 1.29 is 28.6 Å². The summed E-state index contributed by atoms with van der Waals surface area (Å²) in [6, 6.07) is 20.7. The first-order valence-electron chi connectivity index (χ1n) is 12.1. The lowest BCUT2D eigenvalue weighted by molar-refractivity contribution is -0.136. The molecule has 204 valence electrons. The van der Waals surface area contributed by atoms with Gasteiger partial charge in [0.1, 0.15) is 10.8 Å². The van der Waals surface area contributed by atoms with Crippen molar-refractivity contribution in [3.63, 3.8) is 0 Å². The number of carbonyl (C=O) groups is 3. The second-order valence-electron chi connectivity index (χ2n) is 8.10. The fourth-order valence-corrected chi connectivity index (χ4v) is 4.00. The molecule has 11 nitrogen and oxygen atoms in total. The van der Waals surface area contributed by atoms with Crippen LogP contribution in [0.5, 0.6) is 17.2 Å². The molecule has 0 aliphatic rings. The highest BCUT2D eigenvalue weighted by molar-refractivity contribution is 7.18. The van der Waals surface area contributed by atoms with Gasteiger partial charge in [-0.3, -0.25) is 14.9 Å². The van der Waals surface area contributed by atoms with Crippen LogP contribution in [0.25, 0.3) is 10.6 Å². The minimum absolute atomic E-state index is 0.179. The van der Waals surface area contributed by atoms with E-state index in [0.29, 0.717) is 28.5 Å². The molecular weight excluding hydrogens is 534 g/mol. The van der Waals surface area contributed by atoms with Crippen LogP contribution >= 0.6 is 11.3 Å². The first kappa shape index (κ1) is 27.9. The summed E-state index contributed by atoms with van der Waals surface area (Å²) in [6.45, 7) is 2.60. The molecule has 1 aromatic heterocycles. The van der Waals surface area contributed by atoms with E-state index in [-0.39, 0.29) is 16.6 Å². The van der Waals surface area contributed by atoms with Gasteiger partial charge < -0.3 is 14.2 Å². The van der Waals surface area contributed by atoms with Crippen LogP contribution in [0.3, 0.4) is 0 Å². The SMILES string of the molecule is CCCOc1ccc(C(=O)Oc2ccc(C=NNC(=O)C(=O)Nc3nnc(-c4ccccc4)s3)cc2OC)cc1. The van der Waals surface area contributed by atoms with Gasteiger partial charge in [-0.15, -0.1) is 10.2 Å². The summed E-state index contributed by atoms with van der Waals surface area (Å²) in [5.74, 6) is -1.36. The number of carbonyl (C=O) groups excluding carboxylic acids is 3. The van der Waals surface area contributed by atoms with Crippen LogP contribution in [0.2, 0.25) is 0 Å². The van der Waals surface area contributed by atoms with Gasteiger partial charge in [0.2, 0.25) is 5.13 Å². The molecule has 0 aliphatic carbocycles. The third-order valence-electron chi connectivity index (χ3n) is 5.21. The molecule has 0 spiro atoms. The molecule has 12 heteroatoms. The Morgan fingerprint density at radius 1 is 0.950 bits per heavy atom. The Morgan fingerprint density at radius 2 is 1.73 bits per heavy atom. The molecule has 0 saturated carbocycles. The number of hydrogen-bond donors (Lipinski definition) is 2. The van der Waals surface area contributed by atoms with Gasteiger partial charge >= 0.3 is 17.8 Å². The summed E-state index contributed by atoms with van der Waals surface area (Å²) in [5, 5.41) is 14.9. The summed E-state index contributed by atoms with van der Waals surface area (Å²) in [5.41, 5.74) is 3.87. The molecule has 3 aromatic carbocycles. The highest BCUT2D eigenvalue weighted by Gasteiger charge is 2.17. The number of nitrogens with one attached hydrogen (secondary N) is 2. The van der Waals surface area contributed by atoms with Gasteiger partial charge in [-0.25, -0.2) is 10.2 Å². The van der Waals surface area contributed by atoms with Crippen molar-refractivity contribution in [2.75, 3.05) is 19.0 Å². The van der Waals surface area contributed by atoms with E-state index in [1.165, 1.54) is 19.4 Å². The van der Waals surface area contributed by atoms with Crippen LogP contribution in [-0.4, -0.2) is 47.9 Å². The summed E-state index contributed by atoms with van der Waals surface area (Å²) in [6.07, 6.45) is 2.19. The number of benzene rings is 3. The van der Waals surface area contributed by atoms with Crippen molar-refractivity contribution in [2.45, 2.75) is 13.3 Å². The maximum absolute atomic E-state index is 12.6. The number of hydrazone groups is 1. The molecule has 0 bridgehead atoms. The minimum atomic E-state index is -0.990.